The minimum Gasteiger partial charge on any atom is -0.480 e. The average molecular weight is 429 g/mol. The zero-order valence-corrected chi connectivity index (χ0v) is 16.0. The monoisotopic (exact) mass is 429 g/mol. The van der Waals surface area contributed by atoms with Crippen LogP contribution in [0, 0.1) is 10.1 Å². The molecule has 0 aromatic heterocycles. The molecule has 0 saturated carbocycles. The van der Waals surface area contributed by atoms with Crippen molar-refractivity contribution in [2.75, 3.05) is 0 Å². The Hall–Kier alpha value is -3.70. The van der Waals surface area contributed by atoms with Gasteiger partial charge in [-0.1, -0.05) is 12.1 Å². The Balaban J connectivity index is 1.76. The number of ether oxygens (including phenoxy) is 1. The summed E-state index contributed by atoms with van der Waals surface area (Å²) in [5.74, 6) is -1.13. The van der Waals surface area contributed by atoms with Crippen LogP contribution in [0.5, 0.6) is 11.5 Å². The lowest BCUT2D eigenvalue weighted by Gasteiger charge is -2.10. The van der Waals surface area contributed by atoms with E-state index >= 15 is 0 Å². The Kier molecular flexibility index (Phi) is 6.14. The summed E-state index contributed by atoms with van der Waals surface area (Å²) >= 11 is 0.808. The second-order valence-electron chi connectivity index (χ2n) is 6.22. The van der Waals surface area contributed by atoms with Crippen LogP contribution in [0.2, 0.25) is 0 Å². The van der Waals surface area contributed by atoms with E-state index < -0.39 is 28.1 Å². The van der Waals surface area contributed by atoms with Gasteiger partial charge in [-0.25, -0.2) is 0 Å². The third kappa shape index (κ3) is 5.01. The van der Waals surface area contributed by atoms with Crippen molar-refractivity contribution >= 4 is 40.6 Å². The summed E-state index contributed by atoms with van der Waals surface area (Å²) in [7, 11) is 0. The molecule has 0 aliphatic carbocycles. The van der Waals surface area contributed by atoms with Gasteiger partial charge in [0.2, 0.25) is 0 Å². The number of carboxylic acid groups (broad SMARTS) is 1. The molecule has 1 unspecified atom stereocenters. The molecule has 154 valence electrons. The van der Waals surface area contributed by atoms with Gasteiger partial charge in [-0.3, -0.25) is 29.8 Å². The molecule has 0 spiro atoms. The first-order valence-electron chi connectivity index (χ1n) is 8.51. The Labute approximate surface area is 173 Å². The summed E-state index contributed by atoms with van der Waals surface area (Å²) in [5, 5.41) is 22.0. The summed E-state index contributed by atoms with van der Waals surface area (Å²) in [6.07, 6.45) is 1.36. The number of nitrogens with one attached hydrogen (secondary N) is 1. The highest BCUT2D eigenvalue weighted by molar-refractivity contribution is 8.18. The summed E-state index contributed by atoms with van der Waals surface area (Å²) in [4.78, 5) is 44.6. The Morgan fingerprint density at radius 2 is 1.90 bits per heavy atom. The first-order chi connectivity index (χ1) is 14.2. The second-order valence-corrected chi connectivity index (χ2v) is 7.23. The number of hydrogen-bond acceptors (Lipinski definition) is 8. The lowest BCUT2D eigenvalue weighted by molar-refractivity contribution is -0.385. The van der Waals surface area contributed by atoms with Gasteiger partial charge in [-0.15, -0.1) is 0 Å². The number of carboxylic acids is 1. The van der Waals surface area contributed by atoms with E-state index in [0.717, 1.165) is 11.8 Å². The fourth-order valence-electron chi connectivity index (χ4n) is 2.61. The molecule has 2 aromatic carbocycles. The quantitative estimate of drug-likeness (QED) is 0.341. The molecular weight excluding hydrogens is 414 g/mol. The van der Waals surface area contributed by atoms with Crippen LogP contribution >= 0.6 is 11.8 Å². The van der Waals surface area contributed by atoms with Gasteiger partial charge < -0.3 is 15.6 Å². The number of imide groups is 1. The average Bonchev–Trinajstić information content (AvgIpc) is 3.01. The number of rotatable bonds is 7. The maximum atomic E-state index is 11.6. The molecule has 1 aliphatic rings. The van der Waals surface area contributed by atoms with E-state index in [4.69, 9.17) is 15.6 Å². The molecule has 3 rings (SSSR count). The first-order valence-corrected chi connectivity index (χ1v) is 9.33. The molecule has 1 saturated heterocycles. The Morgan fingerprint density at radius 3 is 2.47 bits per heavy atom. The second kappa shape index (κ2) is 8.76. The van der Waals surface area contributed by atoms with Gasteiger partial charge in [0.1, 0.15) is 17.5 Å². The number of nitro groups is 1. The molecule has 10 nitrogen and oxygen atoms in total. The normalized spacial score (nSPS) is 15.7. The Bertz CT molecular complexity index is 1070. The minimum absolute atomic E-state index is 0.186. The highest BCUT2D eigenvalue weighted by Gasteiger charge is 2.25. The number of aliphatic carboxylic acids is 1. The van der Waals surface area contributed by atoms with Crippen LogP contribution in [-0.2, 0) is 16.0 Å². The number of benzene rings is 2. The maximum Gasteiger partial charge on any atom is 0.320 e. The molecule has 2 aromatic rings. The summed E-state index contributed by atoms with van der Waals surface area (Å²) in [6, 6.07) is 9.36. The lowest BCUT2D eigenvalue weighted by atomic mass is 10.0. The van der Waals surface area contributed by atoms with Crippen LogP contribution in [-0.4, -0.2) is 33.2 Å². The smallest absolute Gasteiger partial charge is 0.320 e. The predicted molar refractivity (Wildman–Crippen MR) is 108 cm³/mol. The summed E-state index contributed by atoms with van der Waals surface area (Å²) in [6.45, 7) is 0. The van der Waals surface area contributed by atoms with Crippen LogP contribution in [0.15, 0.2) is 47.4 Å². The van der Waals surface area contributed by atoms with Crippen LogP contribution in [0.1, 0.15) is 11.1 Å². The van der Waals surface area contributed by atoms with Crippen LogP contribution < -0.4 is 15.8 Å². The molecule has 1 atom stereocenters. The van der Waals surface area contributed by atoms with E-state index in [1.807, 2.05) is 0 Å². The molecule has 0 radical (unpaired) electrons. The van der Waals surface area contributed by atoms with Gasteiger partial charge >= 0.3 is 5.97 Å². The molecule has 1 heterocycles. The van der Waals surface area contributed by atoms with Crippen LogP contribution in [0.3, 0.4) is 0 Å². The van der Waals surface area contributed by atoms with E-state index in [1.165, 1.54) is 18.2 Å². The van der Waals surface area contributed by atoms with E-state index in [0.29, 0.717) is 11.3 Å². The summed E-state index contributed by atoms with van der Waals surface area (Å²) in [5.41, 5.74) is 6.02. The number of carbonyl (C=O) groups is 3. The number of carbonyl (C=O) groups excluding carboxylic acids is 2. The highest BCUT2D eigenvalue weighted by Crippen LogP contribution is 2.30. The van der Waals surface area contributed by atoms with E-state index in [9.17, 15) is 24.5 Å². The maximum absolute atomic E-state index is 11.6. The number of nitro benzene ring substituents is 1. The van der Waals surface area contributed by atoms with Crippen molar-refractivity contribution < 1.29 is 29.2 Å². The van der Waals surface area contributed by atoms with Crippen molar-refractivity contribution in [1.29, 1.82) is 0 Å². The minimum atomic E-state index is -1.26. The van der Waals surface area contributed by atoms with Crippen molar-refractivity contribution in [2.45, 2.75) is 12.5 Å². The standard InChI is InChI=1S/C19H15N3O7S/c20-14(18(24)25)8-11-3-6-13(9-15(11)22(27)28)29-12-4-1-10(2-5-12)7-16-17(23)21-19(26)30-16/h1-7,9,14H,8,20H2,(H,24,25)(H,21,23,26)/b16-7+. The zero-order valence-electron chi connectivity index (χ0n) is 15.2. The van der Waals surface area contributed by atoms with E-state index in [-0.39, 0.29) is 28.3 Å². The molecular formula is C19H15N3O7S. The molecule has 2 amide bonds. The third-order valence-corrected chi connectivity index (χ3v) is 4.88. The molecule has 1 aliphatic heterocycles. The predicted octanol–water partition coefficient (Wildman–Crippen LogP) is 2.67. The van der Waals surface area contributed by atoms with Gasteiger partial charge in [-0.05, 0) is 47.7 Å². The first kappa shape index (κ1) is 21.0. The van der Waals surface area contributed by atoms with Gasteiger partial charge in [0.05, 0.1) is 15.9 Å². The fraction of sp³-hybridized carbons (Fsp3) is 0.105. The van der Waals surface area contributed by atoms with Crippen molar-refractivity contribution in [3.8, 4) is 11.5 Å². The topological polar surface area (TPSA) is 162 Å². The van der Waals surface area contributed by atoms with Gasteiger partial charge in [0.15, 0.2) is 0 Å². The van der Waals surface area contributed by atoms with Crippen LogP contribution in [0.25, 0.3) is 6.08 Å². The SMILES string of the molecule is NC(Cc1ccc(Oc2ccc(/C=C3/SC(=O)NC3=O)cc2)cc1[N+](=O)[O-])C(=O)O. The molecule has 0 bridgehead atoms. The van der Waals surface area contributed by atoms with E-state index in [2.05, 4.69) is 5.32 Å². The molecule has 30 heavy (non-hydrogen) atoms. The highest BCUT2D eigenvalue weighted by atomic mass is 32.2. The zero-order chi connectivity index (χ0) is 21.8. The number of thioether (sulfide) groups is 1. The number of nitrogens with zero attached hydrogens (tertiary/aromatic N) is 1. The van der Waals surface area contributed by atoms with Gasteiger partial charge in [-0.2, -0.15) is 0 Å². The van der Waals surface area contributed by atoms with Crippen molar-refractivity contribution in [3.63, 3.8) is 0 Å². The number of amides is 2. The lowest BCUT2D eigenvalue weighted by Crippen LogP contribution is -2.32. The van der Waals surface area contributed by atoms with E-state index in [1.54, 1.807) is 30.3 Å². The number of nitrogens with two attached hydrogens (primary N) is 1. The van der Waals surface area contributed by atoms with Gasteiger partial charge in [0.25, 0.3) is 16.8 Å². The van der Waals surface area contributed by atoms with Crippen molar-refractivity contribution in [2.24, 2.45) is 5.73 Å². The van der Waals surface area contributed by atoms with Crippen molar-refractivity contribution in [1.82, 2.24) is 5.32 Å². The molecule has 11 heteroatoms. The third-order valence-electron chi connectivity index (χ3n) is 4.07. The molecule has 1 fully saturated rings. The number of hydrogen-bond donors (Lipinski definition) is 3. The Morgan fingerprint density at radius 1 is 1.23 bits per heavy atom. The molecule has 4 N–H and O–H groups in total. The fourth-order valence-corrected chi connectivity index (χ4v) is 3.30. The van der Waals surface area contributed by atoms with Gasteiger partial charge in [0, 0.05) is 12.0 Å². The summed E-state index contributed by atoms with van der Waals surface area (Å²) < 4.78 is 5.63. The van der Waals surface area contributed by atoms with Crippen molar-refractivity contribution in [3.05, 3.63) is 68.6 Å². The largest absolute Gasteiger partial charge is 0.480 e. The van der Waals surface area contributed by atoms with Crippen LogP contribution in [0.4, 0.5) is 10.5 Å².